The van der Waals surface area contributed by atoms with Crippen LogP contribution in [0.5, 0.6) is 23.0 Å². The second-order valence-electron chi connectivity index (χ2n) is 6.90. The first-order valence-corrected chi connectivity index (χ1v) is 9.69. The van der Waals surface area contributed by atoms with Gasteiger partial charge in [0.25, 0.3) is 0 Å². The van der Waals surface area contributed by atoms with Gasteiger partial charge in [0.15, 0.2) is 28.8 Å². The number of methoxy groups -OCH3 is 1. The molecule has 1 aliphatic rings. The summed E-state index contributed by atoms with van der Waals surface area (Å²) in [5.41, 5.74) is 0.471. The van der Waals surface area contributed by atoms with Crippen LogP contribution in [0.3, 0.4) is 0 Å². The lowest BCUT2D eigenvalue weighted by molar-refractivity contribution is -0.0520. The van der Waals surface area contributed by atoms with Crippen LogP contribution < -0.4 is 14.2 Å². The highest BCUT2D eigenvalue weighted by Gasteiger charge is 2.23. The van der Waals surface area contributed by atoms with Gasteiger partial charge >= 0.3 is 19.2 Å². The predicted molar refractivity (Wildman–Crippen MR) is 107 cm³/mol. The summed E-state index contributed by atoms with van der Waals surface area (Å²) in [5, 5.41) is 9.22. The van der Waals surface area contributed by atoms with Crippen molar-refractivity contribution in [2.24, 2.45) is 5.92 Å². The molecule has 0 amide bonds. The van der Waals surface area contributed by atoms with Crippen molar-refractivity contribution in [1.29, 1.82) is 0 Å². The van der Waals surface area contributed by atoms with Crippen LogP contribution >= 0.6 is 0 Å². The lowest BCUT2D eigenvalue weighted by atomic mass is 10.1. The molecule has 3 rings (SSSR count). The van der Waals surface area contributed by atoms with Gasteiger partial charge in [-0.1, -0.05) is 0 Å². The molecule has 1 saturated carbocycles. The molecule has 0 saturated heterocycles. The standard InChI is InChI=1S/C13H14F2O3.C9H8F2O4/c1-8(16)10-4-5-11(18-13(14)15)12(6-10)17-7-9-2-3-9;1-14-8(13)5-2-3-7(6(12)4-5)15-9(10)11/h4-6,9,13H,2-3,7H2,1H3;2-4,9,12H,1H3. The molecule has 0 atom stereocenters. The molecule has 0 aromatic heterocycles. The van der Waals surface area contributed by atoms with Crippen LogP contribution in [0, 0.1) is 5.92 Å². The first-order valence-electron chi connectivity index (χ1n) is 9.69. The number of halogens is 4. The van der Waals surface area contributed by atoms with E-state index in [1.807, 2.05) is 0 Å². The summed E-state index contributed by atoms with van der Waals surface area (Å²) in [6.45, 7) is -4.05. The minimum atomic E-state index is -3.03. The van der Waals surface area contributed by atoms with Crippen molar-refractivity contribution < 1.29 is 51.2 Å². The third-order valence-electron chi connectivity index (χ3n) is 4.33. The smallest absolute Gasteiger partial charge is 0.387 e. The molecule has 1 aliphatic carbocycles. The highest BCUT2D eigenvalue weighted by Crippen LogP contribution is 2.34. The van der Waals surface area contributed by atoms with Crippen LogP contribution in [-0.2, 0) is 4.74 Å². The SMILES string of the molecule is CC(=O)c1ccc(OC(F)F)c(OCC2CC2)c1.COC(=O)c1ccc(OC(F)F)c(O)c1. The second-order valence-corrected chi connectivity index (χ2v) is 6.90. The zero-order valence-corrected chi connectivity index (χ0v) is 17.7. The summed E-state index contributed by atoms with van der Waals surface area (Å²) in [4.78, 5) is 22.2. The highest BCUT2D eigenvalue weighted by atomic mass is 19.3. The average Bonchev–Trinajstić information content (AvgIpc) is 3.58. The number of benzene rings is 2. The van der Waals surface area contributed by atoms with Crippen LogP contribution in [0.25, 0.3) is 0 Å². The Balaban J connectivity index is 0.000000238. The molecule has 180 valence electrons. The van der Waals surface area contributed by atoms with E-state index in [4.69, 9.17) is 4.74 Å². The van der Waals surface area contributed by atoms with Crippen LogP contribution in [0.15, 0.2) is 36.4 Å². The summed E-state index contributed by atoms with van der Waals surface area (Å²) in [6, 6.07) is 7.50. The van der Waals surface area contributed by atoms with Crippen LogP contribution in [0.2, 0.25) is 0 Å². The third kappa shape index (κ3) is 8.51. The van der Waals surface area contributed by atoms with Gasteiger partial charge < -0.3 is 24.1 Å². The summed E-state index contributed by atoms with van der Waals surface area (Å²) in [7, 11) is 1.17. The molecule has 1 N–H and O–H groups in total. The minimum absolute atomic E-state index is 0.0318. The highest BCUT2D eigenvalue weighted by molar-refractivity contribution is 5.94. The number of phenols is 1. The van der Waals surface area contributed by atoms with Gasteiger partial charge in [0, 0.05) is 5.56 Å². The van der Waals surface area contributed by atoms with Crippen molar-refractivity contribution in [1.82, 2.24) is 0 Å². The molecular formula is C22H22F4O7. The summed E-state index contributed by atoms with van der Waals surface area (Å²) in [5.74, 6) is -1.09. The molecule has 11 heteroatoms. The topological polar surface area (TPSA) is 91.3 Å². The van der Waals surface area contributed by atoms with E-state index in [-0.39, 0.29) is 22.8 Å². The first kappa shape index (κ1) is 25.8. The molecule has 0 radical (unpaired) electrons. The van der Waals surface area contributed by atoms with Crippen molar-refractivity contribution in [3.8, 4) is 23.0 Å². The molecule has 2 aromatic rings. The lowest BCUT2D eigenvalue weighted by Gasteiger charge is -2.12. The maximum atomic E-state index is 12.2. The fraction of sp³-hybridized carbons (Fsp3) is 0.364. The molecule has 0 spiro atoms. The van der Waals surface area contributed by atoms with Crippen molar-refractivity contribution in [2.45, 2.75) is 33.0 Å². The van der Waals surface area contributed by atoms with Crippen LogP contribution in [-0.4, -0.2) is 43.8 Å². The number of carbonyl (C=O) groups excluding carboxylic acids is 2. The Kier molecular flexibility index (Phi) is 9.31. The van der Waals surface area contributed by atoms with Crippen molar-refractivity contribution in [3.63, 3.8) is 0 Å². The van der Waals surface area contributed by atoms with Crippen molar-refractivity contribution >= 4 is 11.8 Å². The number of rotatable bonds is 9. The monoisotopic (exact) mass is 474 g/mol. The average molecular weight is 474 g/mol. The van der Waals surface area contributed by atoms with Gasteiger partial charge in [-0.3, -0.25) is 4.79 Å². The Morgan fingerprint density at radius 1 is 0.939 bits per heavy atom. The van der Waals surface area contributed by atoms with Gasteiger partial charge in [0.2, 0.25) is 0 Å². The van der Waals surface area contributed by atoms with Gasteiger partial charge in [0.1, 0.15) is 0 Å². The summed E-state index contributed by atoms with van der Waals surface area (Å²) in [6.07, 6.45) is 2.19. The summed E-state index contributed by atoms with van der Waals surface area (Å²) < 4.78 is 66.2. The van der Waals surface area contributed by atoms with E-state index < -0.39 is 30.7 Å². The molecule has 0 heterocycles. The second kappa shape index (κ2) is 11.9. The normalized spacial score (nSPS) is 12.6. The Bertz CT molecular complexity index is 962. The Morgan fingerprint density at radius 2 is 1.52 bits per heavy atom. The molecule has 7 nitrogen and oxygen atoms in total. The van der Waals surface area contributed by atoms with Gasteiger partial charge in [-0.05, 0) is 62.1 Å². The maximum Gasteiger partial charge on any atom is 0.387 e. The molecule has 1 fully saturated rings. The Morgan fingerprint density at radius 3 is 2.03 bits per heavy atom. The van der Waals surface area contributed by atoms with E-state index in [1.54, 1.807) is 0 Å². The molecule has 0 aliphatic heterocycles. The number of alkyl halides is 4. The van der Waals surface area contributed by atoms with Crippen molar-refractivity contribution in [3.05, 3.63) is 47.5 Å². The Labute approximate surface area is 186 Å². The number of aromatic hydroxyl groups is 1. The molecule has 0 unspecified atom stereocenters. The zero-order valence-electron chi connectivity index (χ0n) is 17.7. The molecule has 2 aromatic carbocycles. The van der Waals surface area contributed by atoms with Crippen LogP contribution in [0.4, 0.5) is 17.6 Å². The molecule has 33 heavy (non-hydrogen) atoms. The lowest BCUT2D eigenvalue weighted by Crippen LogP contribution is -2.07. The fourth-order valence-corrected chi connectivity index (χ4v) is 2.48. The van der Waals surface area contributed by atoms with E-state index in [2.05, 4.69) is 14.2 Å². The predicted octanol–water partition coefficient (Wildman–Crippen LogP) is 5.06. The van der Waals surface area contributed by atoms with E-state index in [0.717, 1.165) is 25.0 Å². The van der Waals surface area contributed by atoms with E-state index in [1.165, 1.54) is 38.3 Å². The van der Waals surface area contributed by atoms with E-state index >= 15 is 0 Å². The first-order chi connectivity index (χ1) is 15.6. The Hall–Kier alpha value is -3.50. The maximum absolute atomic E-state index is 12.2. The third-order valence-corrected chi connectivity index (χ3v) is 4.33. The largest absolute Gasteiger partial charge is 0.504 e. The zero-order chi connectivity index (χ0) is 24.5. The van der Waals surface area contributed by atoms with Gasteiger partial charge in [-0.2, -0.15) is 17.6 Å². The number of hydrogen-bond acceptors (Lipinski definition) is 7. The van der Waals surface area contributed by atoms with Crippen molar-refractivity contribution in [2.75, 3.05) is 13.7 Å². The molecule has 0 bridgehead atoms. The van der Waals surface area contributed by atoms with E-state index in [0.29, 0.717) is 18.1 Å². The summed E-state index contributed by atoms with van der Waals surface area (Å²) >= 11 is 0. The van der Waals surface area contributed by atoms with Gasteiger partial charge in [-0.25, -0.2) is 4.79 Å². The van der Waals surface area contributed by atoms with Gasteiger partial charge in [0.05, 0.1) is 19.3 Å². The number of ether oxygens (including phenoxy) is 4. The quantitative estimate of drug-likeness (QED) is 0.309. The van der Waals surface area contributed by atoms with Crippen LogP contribution in [0.1, 0.15) is 40.5 Å². The number of Topliss-reactive ketones (excluding diaryl/α,β-unsaturated/α-hetero) is 1. The van der Waals surface area contributed by atoms with E-state index in [9.17, 15) is 32.3 Å². The number of esters is 1. The number of hydrogen-bond donors (Lipinski definition) is 1. The number of phenolic OH excluding ortho intramolecular Hbond substituents is 1. The molecular weight excluding hydrogens is 452 g/mol. The fourth-order valence-electron chi connectivity index (χ4n) is 2.48. The number of ketones is 1. The minimum Gasteiger partial charge on any atom is -0.504 e. The van der Waals surface area contributed by atoms with Gasteiger partial charge in [-0.15, -0.1) is 0 Å². The number of carbonyl (C=O) groups is 2.